The molecule has 0 aliphatic rings. The van der Waals surface area contributed by atoms with Gasteiger partial charge in [0, 0.05) is 17.1 Å². The van der Waals surface area contributed by atoms with Crippen LogP contribution < -0.4 is 0 Å². The third-order valence-electron chi connectivity index (χ3n) is 3.27. The lowest BCUT2D eigenvalue weighted by molar-refractivity contribution is -0.136. The Hall–Kier alpha value is -2.56. The fraction of sp³-hybridized carbons (Fsp3) is 0.200. The summed E-state index contributed by atoms with van der Waals surface area (Å²) in [7, 11) is 0. The molecule has 5 nitrogen and oxygen atoms in total. The number of hydrogen-bond donors (Lipinski definition) is 2. The van der Waals surface area contributed by atoms with Crippen LogP contribution in [0.1, 0.15) is 22.9 Å². The Morgan fingerprint density at radius 2 is 2.20 bits per heavy atom. The molecule has 1 aromatic carbocycles. The van der Waals surface area contributed by atoms with E-state index in [0.29, 0.717) is 23.8 Å². The molecule has 3 rings (SSSR count). The molecule has 5 heteroatoms. The van der Waals surface area contributed by atoms with Gasteiger partial charge in [-0.15, -0.1) is 0 Å². The van der Waals surface area contributed by atoms with Gasteiger partial charge in [-0.05, 0) is 18.6 Å². The zero-order valence-corrected chi connectivity index (χ0v) is 11.0. The van der Waals surface area contributed by atoms with Crippen molar-refractivity contribution in [3.05, 3.63) is 53.4 Å². The van der Waals surface area contributed by atoms with Crippen molar-refractivity contribution in [3.8, 4) is 0 Å². The van der Waals surface area contributed by atoms with Gasteiger partial charge in [0.15, 0.2) is 5.89 Å². The average Bonchev–Trinajstić information content (AvgIpc) is 2.95. The van der Waals surface area contributed by atoms with Crippen LogP contribution in [0.3, 0.4) is 0 Å². The quantitative estimate of drug-likeness (QED) is 0.764. The summed E-state index contributed by atoms with van der Waals surface area (Å²) in [6.45, 7) is 1.74. The number of carboxylic acid groups (broad SMARTS) is 1. The zero-order chi connectivity index (χ0) is 14.1. The molecule has 0 aliphatic carbocycles. The van der Waals surface area contributed by atoms with Gasteiger partial charge in [0.05, 0.1) is 18.5 Å². The number of fused-ring (bicyclic) bond motifs is 1. The highest BCUT2D eigenvalue weighted by atomic mass is 16.4. The van der Waals surface area contributed by atoms with Crippen LogP contribution in [0.4, 0.5) is 0 Å². The third kappa shape index (κ3) is 2.30. The van der Waals surface area contributed by atoms with E-state index in [2.05, 4.69) is 9.97 Å². The third-order valence-corrected chi connectivity index (χ3v) is 3.27. The Morgan fingerprint density at radius 3 is 3.00 bits per heavy atom. The smallest absolute Gasteiger partial charge is 0.309 e. The molecule has 0 bridgehead atoms. The van der Waals surface area contributed by atoms with Gasteiger partial charge in [-0.25, -0.2) is 4.98 Å². The Bertz CT molecular complexity index is 770. The van der Waals surface area contributed by atoms with Crippen LogP contribution in [0.15, 0.2) is 34.9 Å². The van der Waals surface area contributed by atoms with E-state index in [1.807, 2.05) is 30.5 Å². The Morgan fingerprint density at radius 1 is 1.40 bits per heavy atom. The van der Waals surface area contributed by atoms with Crippen LogP contribution in [0, 0.1) is 6.92 Å². The highest BCUT2D eigenvalue weighted by Gasteiger charge is 2.14. The fourth-order valence-corrected chi connectivity index (χ4v) is 2.31. The number of hydrogen-bond acceptors (Lipinski definition) is 3. The van der Waals surface area contributed by atoms with E-state index in [0.717, 1.165) is 16.5 Å². The summed E-state index contributed by atoms with van der Waals surface area (Å²) in [5.41, 5.74) is 2.65. The number of H-pyrrole nitrogens is 1. The van der Waals surface area contributed by atoms with Crippen molar-refractivity contribution in [1.29, 1.82) is 0 Å². The number of aromatic nitrogens is 2. The maximum atomic E-state index is 10.7. The maximum Gasteiger partial charge on any atom is 0.309 e. The van der Waals surface area contributed by atoms with Crippen molar-refractivity contribution in [2.75, 3.05) is 0 Å². The number of rotatable bonds is 4. The van der Waals surface area contributed by atoms with Crippen LogP contribution in [-0.4, -0.2) is 21.0 Å². The largest absolute Gasteiger partial charge is 0.481 e. The predicted octanol–water partition coefficient (Wildman–Crippen LogP) is 2.68. The molecule has 0 aliphatic heterocycles. The van der Waals surface area contributed by atoms with Gasteiger partial charge in [0.25, 0.3) is 0 Å². The topological polar surface area (TPSA) is 79.1 Å². The van der Waals surface area contributed by atoms with E-state index in [4.69, 9.17) is 9.52 Å². The summed E-state index contributed by atoms with van der Waals surface area (Å²) in [6, 6.07) is 8.00. The predicted molar refractivity (Wildman–Crippen MR) is 73.7 cm³/mol. The highest BCUT2D eigenvalue weighted by Crippen LogP contribution is 2.21. The monoisotopic (exact) mass is 270 g/mol. The van der Waals surface area contributed by atoms with Gasteiger partial charge >= 0.3 is 5.97 Å². The van der Waals surface area contributed by atoms with Crippen molar-refractivity contribution < 1.29 is 14.3 Å². The van der Waals surface area contributed by atoms with Crippen LogP contribution in [0.2, 0.25) is 0 Å². The minimum atomic E-state index is -0.903. The molecule has 20 heavy (non-hydrogen) atoms. The number of nitrogens with one attached hydrogen (secondary N) is 1. The minimum Gasteiger partial charge on any atom is -0.481 e. The van der Waals surface area contributed by atoms with Crippen molar-refractivity contribution >= 4 is 16.9 Å². The van der Waals surface area contributed by atoms with Crippen LogP contribution >= 0.6 is 0 Å². The van der Waals surface area contributed by atoms with Crippen LogP contribution in [0.25, 0.3) is 10.9 Å². The first-order valence-corrected chi connectivity index (χ1v) is 6.35. The van der Waals surface area contributed by atoms with Gasteiger partial charge in [0.2, 0.25) is 0 Å². The van der Waals surface area contributed by atoms with Crippen LogP contribution in [0.5, 0.6) is 0 Å². The van der Waals surface area contributed by atoms with Crippen molar-refractivity contribution in [2.24, 2.45) is 0 Å². The highest BCUT2D eigenvalue weighted by molar-refractivity contribution is 5.83. The number of para-hydroxylation sites is 1. The molecule has 0 saturated carbocycles. The second-order valence-electron chi connectivity index (χ2n) is 4.72. The van der Waals surface area contributed by atoms with E-state index in [1.54, 1.807) is 6.92 Å². The van der Waals surface area contributed by atoms with Crippen molar-refractivity contribution in [3.63, 3.8) is 0 Å². The van der Waals surface area contributed by atoms with Gasteiger partial charge in [-0.2, -0.15) is 0 Å². The molecule has 2 N–H and O–H groups in total. The number of aliphatic carboxylic acids is 1. The Kier molecular flexibility index (Phi) is 3.02. The summed E-state index contributed by atoms with van der Waals surface area (Å²) in [5, 5.41) is 9.94. The van der Waals surface area contributed by atoms with Gasteiger partial charge in [-0.3, -0.25) is 4.79 Å². The molecule has 2 heterocycles. The fourth-order valence-electron chi connectivity index (χ4n) is 2.31. The lowest BCUT2D eigenvalue weighted by atomic mass is 10.1. The van der Waals surface area contributed by atoms with E-state index < -0.39 is 5.97 Å². The molecule has 0 amide bonds. The standard InChI is InChI=1S/C15H14N2O3/c1-9-13(7-15(18)19)17-14(20-9)6-10-8-16-12-5-3-2-4-11(10)12/h2-5,8,16H,6-7H2,1H3,(H,18,19). The molecule has 3 aromatic rings. The number of carboxylic acids is 1. The lowest BCUT2D eigenvalue weighted by Gasteiger charge is -1.94. The molecule has 0 radical (unpaired) electrons. The first-order chi connectivity index (χ1) is 9.63. The number of oxazole rings is 1. The van der Waals surface area contributed by atoms with Crippen molar-refractivity contribution in [1.82, 2.24) is 9.97 Å². The number of aromatic amines is 1. The van der Waals surface area contributed by atoms with Gasteiger partial charge < -0.3 is 14.5 Å². The van der Waals surface area contributed by atoms with E-state index >= 15 is 0 Å². The Balaban J connectivity index is 1.89. The summed E-state index contributed by atoms with van der Waals surface area (Å²) in [5.74, 6) is 0.214. The average molecular weight is 270 g/mol. The maximum absolute atomic E-state index is 10.7. The normalized spacial score (nSPS) is 11.1. The summed E-state index contributed by atoms with van der Waals surface area (Å²) in [6.07, 6.45) is 2.37. The molecule has 2 aromatic heterocycles. The number of nitrogens with zero attached hydrogens (tertiary/aromatic N) is 1. The first-order valence-electron chi connectivity index (χ1n) is 6.35. The molecule has 0 spiro atoms. The van der Waals surface area contributed by atoms with Gasteiger partial charge in [0.1, 0.15) is 5.76 Å². The summed E-state index contributed by atoms with van der Waals surface area (Å²) >= 11 is 0. The lowest BCUT2D eigenvalue weighted by Crippen LogP contribution is -2.01. The second kappa shape index (κ2) is 4.85. The SMILES string of the molecule is Cc1oc(Cc2c[nH]c3ccccc23)nc1CC(=O)O. The molecule has 0 atom stereocenters. The molecular weight excluding hydrogens is 256 g/mol. The molecule has 0 unspecified atom stereocenters. The molecule has 102 valence electrons. The number of benzene rings is 1. The van der Waals surface area contributed by atoms with Crippen LogP contribution in [-0.2, 0) is 17.6 Å². The first kappa shape index (κ1) is 12.5. The minimum absolute atomic E-state index is 0.108. The zero-order valence-electron chi connectivity index (χ0n) is 11.0. The summed E-state index contributed by atoms with van der Waals surface area (Å²) < 4.78 is 5.55. The Labute approximate surface area is 115 Å². The summed E-state index contributed by atoms with van der Waals surface area (Å²) in [4.78, 5) is 18.2. The molecule has 0 saturated heterocycles. The van der Waals surface area contributed by atoms with Crippen molar-refractivity contribution in [2.45, 2.75) is 19.8 Å². The molecule has 0 fully saturated rings. The van der Waals surface area contributed by atoms with E-state index in [1.165, 1.54) is 0 Å². The number of aryl methyl sites for hydroxylation is 1. The van der Waals surface area contributed by atoms with E-state index in [-0.39, 0.29) is 6.42 Å². The molecular formula is C15H14N2O3. The number of carbonyl (C=O) groups is 1. The van der Waals surface area contributed by atoms with Gasteiger partial charge in [-0.1, -0.05) is 18.2 Å². The second-order valence-corrected chi connectivity index (χ2v) is 4.72. The van der Waals surface area contributed by atoms with E-state index in [9.17, 15) is 4.79 Å².